The molecular formula is C34H38N4O2. The van der Waals surface area contributed by atoms with Crippen molar-refractivity contribution in [3.8, 4) is 11.5 Å². The zero-order chi connectivity index (χ0) is 27.8. The first kappa shape index (κ1) is 28.7. The van der Waals surface area contributed by atoms with Gasteiger partial charge in [0.1, 0.15) is 11.5 Å². The summed E-state index contributed by atoms with van der Waals surface area (Å²) in [7, 11) is 0. The second kappa shape index (κ2) is 15.9. The molecule has 2 atom stereocenters. The maximum Gasteiger partial charge on any atom is 0.137 e. The van der Waals surface area contributed by atoms with Gasteiger partial charge in [0.25, 0.3) is 0 Å². The van der Waals surface area contributed by atoms with Crippen LogP contribution in [-0.4, -0.2) is 35.6 Å². The van der Waals surface area contributed by atoms with Gasteiger partial charge in [-0.3, -0.25) is 20.0 Å². The normalized spacial score (nSPS) is 12.9. The zero-order valence-corrected chi connectivity index (χ0v) is 23.4. The molecule has 0 saturated carbocycles. The molecule has 0 aliphatic heterocycles. The van der Waals surface area contributed by atoms with Crippen molar-refractivity contribution in [2.75, 3.05) is 13.2 Å². The van der Waals surface area contributed by atoms with Gasteiger partial charge in [0.05, 0.1) is 49.1 Å². The predicted molar refractivity (Wildman–Crippen MR) is 163 cm³/mol. The number of benzene rings is 2. The van der Waals surface area contributed by atoms with Gasteiger partial charge >= 0.3 is 0 Å². The Labute approximate surface area is 237 Å². The van der Waals surface area contributed by atoms with Gasteiger partial charge in [0.2, 0.25) is 0 Å². The van der Waals surface area contributed by atoms with Gasteiger partial charge in [-0.25, -0.2) is 0 Å². The van der Waals surface area contributed by atoms with Crippen LogP contribution in [0.1, 0.15) is 74.1 Å². The van der Waals surface area contributed by atoms with E-state index < -0.39 is 0 Å². The lowest BCUT2D eigenvalue weighted by Gasteiger charge is -2.08. The summed E-state index contributed by atoms with van der Waals surface area (Å²) in [5.74, 6) is 1.57. The van der Waals surface area contributed by atoms with E-state index in [0.717, 1.165) is 48.6 Å². The molecule has 0 amide bonds. The molecular weight excluding hydrogens is 496 g/mol. The summed E-state index contributed by atoms with van der Waals surface area (Å²) in [5, 5.41) is 0. The number of nitrogens with zero attached hydrogens (tertiary/aromatic N) is 4. The molecule has 2 aromatic carbocycles. The summed E-state index contributed by atoms with van der Waals surface area (Å²) in [6.07, 6.45) is 11.3. The molecule has 4 rings (SSSR count). The SMILES string of the molecule is CC(N=Cc1ccc(OCCCCCCOc2ccc(C=NC(C)c3ccccc3)nc2)cn1)c1ccccc1. The lowest BCUT2D eigenvalue weighted by molar-refractivity contribution is 0.286. The van der Waals surface area contributed by atoms with Gasteiger partial charge in [0.15, 0.2) is 0 Å². The fourth-order valence-electron chi connectivity index (χ4n) is 4.06. The van der Waals surface area contributed by atoms with Crippen molar-refractivity contribution in [2.24, 2.45) is 9.98 Å². The third kappa shape index (κ3) is 9.77. The lowest BCUT2D eigenvalue weighted by Crippen LogP contribution is -2.01. The molecule has 0 N–H and O–H groups in total. The van der Waals surface area contributed by atoms with Gasteiger partial charge in [-0.15, -0.1) is 0 Å². The molecule has 40 heavy (non-hydrogen) atoms. The summed E-state index contributed by atoms with van der Waals surface area (Å²) in [4.78, 5) is 18.1. The maximum absolute atomic E-state index is 5.85. The van der Waals surface area contributed by atoms with Gasteiger partial charge < -0.3 is 9.47 Å². The molecule has 0 saturated heterocycles. The highest BCUT2D eigenvalue weighted by molar-refractivity contribution is 5.77. The molecule has 0 aliphatic rings. The Morgan fingerprint density at radius 2 is 1.00 bits per heavy atom. The van der Waals surface area contributed by atoms with Crippen LogP contribution >= 0.6 is 0 Å². The van der Waals surface area contributed by atoms with Crippen LogP contribution in [0, 0.1) is 0 Å². The van der Waals surface area contributed by atoms with Crippen LogP contribution in [0.25, 0.3) is 0 Å². The Morgan fingerprint density at radius 3 is 1.38 bits per heavy atom. The maximum atomic E-state index is 5.85. The molecule has 0 spiro atoms. The van der Waals surface area contributed by atoms with E-state index in [1.165, 1.54) is 11.1 Å². The Balaban J connectivity index is 1.05. The van der Waals surface area contributed by atoms with Crippen LogP contribution < -0.4 is 9.47 Å². The molecule has 6 nitrogen and oxygen atoms in total. The summed E-state index contributed by atoms with van der Waals surface area (Å²) in [6.45, 7) is 5.51. The summed E-state index contributed by atoms with van der Waals surface area (Å²) < 4.78 is 11.7. The zero-order valence-electron chi connectivity index (χ0n) is 23.4. The average molecular weight is 535 g/mol. The second-order valence-electron chi connectivity index (χ2n) is 9.68. The molecule has 2 heterocycles. The Morgan fingerprint density at radius 1 is 0.575 bits per heavy atom. The summed E-state index contributed by atoms with van der Waals surface area (Å²) in [5.41, 5.74) is 4.02. The smallest absolute Gasteiger partial charge is 0.137 e. The molecule has 0 aliphatic carbocycles. The number of pyridine rings is 2. The molecule has 0 fully saturated rings. The van der Waals surface area contributed by atoms with Crippen LogP contribution in [0.2, 0.25) is 0 Å². The lowest BCUT2D eigenvalue weighted by atomic mass is 10.1. The van der Waals surface area contributed by atoms with E-state index >= 15 is 0 Å². The van der Waals surface area contributed by atoms with Crippen molar-refractivity contribution in [2.45, 2.75) is 51.6 Å². The van der Waals surface area contributed by atoms with Gasteiger partial charge in [-0.1, -0.05) is 60.7 Å². The van der Waals surface area contributed by atoms with E-state index in [0.29, 0.717) is 13.2 Å². The first-order valence-corrected chi connectivity index (χ1v) is 14.0. The van der Waals surface area contributed by atoms with Crippen molar-refractivity contribution in [1.82, 2.24) is 9.97 Å². The number of aromatic nitrogens is 2. The summed E-state index contributed by atoms with van der Waals surface area (Å²) >= 11 is 0. The van der Waals surface area contributed by atoms with Crippen LogP contribution in [0.5, 0.6) is 11.5 Å². The highest BCUT2D eigenvalue weighted by Crippen LogP contribution is 2.17. The van der Waals surface area contributed by atoms with E-state index in [1.54, 1.807) is 12.4 Å². The quantitative estimate of drug-likeness (QED) is 0.115. The second-order valence-corrected chi connectivity index (χ2v) is 9.68. The van der Waals surface area contributed by atoms with E-state index in [-0.39, 0.29) is 12.1 Å². The number of hydrogen-bond acceptors (Lipinski definition) is 6. The first-order valence-electron chi connectivity index (χ1n) is 14.0. The first-order chi connectivity index (χ1) is 19.7. The van der Waals surface area contributed by atoms with E-state index in [1.807, 2.05) is 73.1 Å². The third-order valence-corrected chi connectivity index (χ3v) is 6.52. The van der Waals surface area contributed by atoms with E-state index in [2.05, 4.69) is 58.1 Å². The minimum atomic E-state index is 0.0980. The number of ether oxygens (including phenoxy) is 2. The molecule has 4 aromatic rings. The van der Waals surface area contributed by atoms with Crippen molar-refractivity contribution in [3.63, 3.8) is 0 Å². The minimum Gasteiger partial charge on any atom is -0.492 e. The van der Waals surface area contributed by atoms with Crippen LogP contribution in [0.4, 0.5) is 0 Å². The van der Waals surface area contributed by atoms with Crippen LogP contribution in [0.15, 0.2) is 107 Å². The topological polar surface area (TPSA) is 69.0 Å². The minimum absolute atomic E-state index is 0.0980. The van der Waals surface area contributed by atoms with E-state index in [9.17, 15) is 0 Å². The predicted octanol–water partition coefficient (Wildman–Crippen LogP) is 7.86. The van der Waals surface area contributed by atoms with Gasteiger partial charge in [-0.2, -0.15) is 0 Å². The van der Waals surface area contributed by atoms with Crippen molar-refractivity contribution in [1.29, 1.82) is 0 Å². The van der Waals surface area contributed by atoms with Crippen LogP contribution in [0.3, 0.4) is 0 Å². The molecule has 206 valence electrons. The molecule has 6 heteroatoms. The Bertz CT molecular complexity index is 1200. The average Bonchev–Trinajstić information content (AvgIpc) is 3.02. The largest absolute Gasteiger partial charge is 0.492 e. The fourth-order valence-corrected chi connectivity index (χ4v) is 4.06. The standard InChI is InChI=1S/C34H38N4O2/c1-27(29-13-7-5-8-14-29)35-23-31-17-19-33(25-37-31)39-21-11-3-4-12-22-40-34-20-18-32(38-26-34)24-36-28(2)30-15-9-6-10-16-30/h5-10,13-20,23-28H,3-4,11-12,21-22H2,1-2H3. The number of hydrogen-bond donors (Lipinski definition) is 0. The highest BCUT2D eigenvalue weighted by atomic mass is 16.5. The molecule has 2 aromatic heterocycles. The van der Waals surface area contributed by atoms with Crippen molar-refractivity contribution in [3.05, 3.63) is 120 Å². The molecule has 2 unspecified atom stereocenters. The number of rotatable bonds is 15. The summed E-state index contributed by atoms with van der Waals surface area (Å²) in [6, 6.07) is 28.5. The van der Waals surface area contributed by atoms with Crippen molar-refractivity contribution < 1.29 is 9.47 Å². The molecule has 0 radical (unpaired) electrons. The van der Waals surface area contributed by atoms with Crippen LogP contribution in [-0.2, 0) is 0 Å². The Hall–Kier alpha value is -4.32. The van der Waals surface area contributed by atoms with Gasteiger partial charge in [0, 0.05) is 12.4 Å². The van der Waals surface area contributed by atoms with E-state index in [4.69, 9.17) is 9.47 Å². The fraction of sp³-hybridized carbons (Fsp3) is 0.294. The third-order valence-electron chi connectivity index (χ3n) is 6.52. The number of aliphatic imine (C=N–C) groups is 2. The number of unbranched alkanes of at least 4 members (excludes halogenated alkanes) is 3. The van der Waals surface area contributed by atoms with Gasteiger partial charge in [-0.05, 0) is 74.9 Å². The highest BCUT2D eigenvalue weighted by Gasteiger charge is 2.03. The monoisotopic (exact) mass is 534 g/mol. The Kier molecular flexibility index (Phi) is 11.4. The molecule has 0 bridgehead atoms. The van der Waals surface area contributed by atoms with Crippen molar-refractivity contribution >= 4 is 12.4 Å².